The molecule has 0 unspecified atom stereocenters. The first-order valence-electron chi connectivity index (χ1n) is 0.783. The fourth-order valence-corrected chi connectivity index (χ4v) is 0. The monoisotopic (exact) mass is 319 g/mol. The topological polar surface area (TPSA) is 77.8 Å². The van der Waals surface area contributed by atoms with Crippen molar-refractivity contribution in [2.45, 2.75) is 0 Å². The van der Waals surface area contributed by atoms with Crippen molar-refractivity contribution in [2.75, 3.05) is 0 Å². The Bertz CT molecular complexity index is 66.7. The van der Waals surface area contributed by atoms with Gasteiger partial charge in [0, 0.05) is 72.1 Å². The van der Waals surface area contributed by atoms with Crippen molar-refractivity contribution < 1.29 is 91.3 Å². The quantitative estimate of drug-likeness (QED) is 0.398. The maximum atomic E-state index is 8.88. The Morgan fingerprint density at radius 2 is 1.11 bits per heavy atom. The van der Waals surface area contributed by atoms with Gasteiger partial charge in [0.05, 0.1) is 0 Å². The van der Waals surface area contributed by atoms with Crippen molar-refractivity contribution >= 4 is 7.82 Å². The van der Waals surface area contributed by atoms with Crippen LogP contribution in [0.2, 0.25) is 0 Å². The van der Waals surface area contributed by atoms with E-state index in [4.69, 9.17) is 19.2 Å². The van der Waals surface area contributed by atoms with Gasteiger partial charge in [-0.15, -0.1) is 0 Å². The van der Waals surface area contributed by atoms with E-state index in [1.165, 1.54) is 0 Å². The average Bonchev–Trinajstić information content (AvgIpc) is 0.722. The van der Waals surface area contributed by atoms with Gasteiger partial charge in [0.1, 0.15) is 0 Å². The fraction of sp³-hybridized carbons (Fsp3) is 0. The molecule has 9 heteroatoms. The molecular formula is H3CoFeNiO4PTi. The second-order valence-corrected chi connectivity index (χ2v) is 1.54. The van der Waals surface area contributed by atoms with E-state index >= 15 is 0 Å². The Balaban J connectivity index is -0.0000000133. The van der Waals surface area contributed by atoms with Gasteiger partial charge in [-0.25, -0.2) is 4.57 Å². The molecule has 0 heterocycles. The van der Waals surface area contributed by atoms with Crippen LogP contribution in [0.4, 0.5) is 0 Å². The molecule has 0 aliphatic heterocycles. The molecule has 0 saturated heterocycles. The zero-order chi connectivity index (χ0) is 4.50. The third-order valence-electron chi connectivity index (χ3n) is 0. The van der Waals surface area contributed by atoms with E-state index < -0.39 is 7.82 Å². The predicted octanol–water partition coefficient (Wildman–Crippen LogP) is -0.939. The molecule has 63 valence electrons. The predicted molar refractivity (Wildman–Crippen MR) is 14.3 cm³/mol. The molecule has 0 aromatic heterocycles. The van der Waals surface area contributed by atoms with Crippen LogP contribution in [0.5, 0.6) is 0 Å². The zero-order valence-electron chi connectivity index (χ0n) is 3.70. The van der Waals surface area contributed by atoms with E-state index in [1.54, 1.807) is 0 Å². The fourth-order valence-electron chi connectivity index (χ4n) is 0. The Morgan fingerprint density at radius 1 is 1.11 bits per heavy atom. The molecule has 1 radical (unpaired) electrons. The summed E-state index contributed by atoms with van der Waals surface area (Å²) in [5.74, 6) is 0. The van der Waals surface area contributed by atoms with Crippen LogP contribution in [0.3, 0.4) is 0 Å². The summed E-state index contributed by atoms with van der Waals surface area (Å²) in [6.07, 6.45) is 0. The number of rotatable bonds is 0. The van der Waals surface area contributed by atoms with Crippen molar-refractivity contribution in [1.82, 2.24) is 0 Å². The summed E-state index contributed by atoms with van der Waals surface area (Å²) in [5.41, 5.74) is 0. The molecule has 4 nitrogen and oxygen atoms in total. The van der Waals surface area contributed by atoms with Gasteiger partial charge in [0.2, 0.25) is 0 Å². The van der Waals surface area contributed by atoms with Crippen molar-refractivity contribution in [1.29, 1.82) is 0 Å². The molecule has 0 aliphatic rings. The van der Waals surface area contributed by atoms with Gasteiger partial charge in [-0.3, -0.25) is 0 Å². The van der Waals surface area contributed by atoms with Gasteiger partial charge in [-0.1, -0.05) is 0 Å². The summed E-state index contributed by atoms with van der Waals surface area (Å²) in [5, 5.41) is 0. The van der Waals surface area contributed by atoms with E-state index in [9.17, 15) is 0 Å². The van der Waals surface area contributed by atoms with Crippen LogP contribution >= 0.6 is 7.82 Å². The van der Waals surface area contributed by atoms with Crippen molar-refractivity contribution in [3.8, 4) is 0 Å². The van der Waals surface area contributed by atoms with Crippen LogP contribution in [0.15, 0.2) is 0 Å². The van der Waals surface area contributed by atoms with Gasteiger partial charge in [0.25, 0.3) is 0 Å². The molecular weight excluding hydrogens is 316 g/mol. The van der Waals surface area contributed by atoms with Gasteiger partial charge >= 0.3 is 7.82 Å². The molecule has 0 fully saturated rings. The van der Waals surface area contributed by atoms with Crippen LogP contribution in [-0.2, 0) is 76.6 Å². The first kappa shape index (κ1) is 30.2. The first-order chi connectivity index (χ1) is 2.00. The number of hydrogen-bond acceptors (Lipinski definition) is 1. The molecule has 3 N–H and O–H groups in total. The van der Waals surface area contributed by atoms with Crippen molar-refractivity contribution in [2.24, 2.45) is 0 Å². The van der Waals surface area contributed by atoms with Crippen LogP contribution in [-0.4, -0.2) is 14.7 Å². The smallest absolute Gasteiger partial charge is 0.303 e. The number of hydrogen-bond donors (Lipinski definition) is 3. The van der Waals surface area contributed by atoms with E-state index in [2.05, 4.69) is 0 Å². The Morgan fingerprint density at radius 3 is 1.11 bits per heavy atom. The molecule has 0 aromatic carbocycles. The van der Waals surface area contributed by atoms with E-state index in [0.717, 1.165) is 0 Å². The largest absolute Gasteiger partial charge is 0.466 e. The van der Waals surface area contributed by atoms with Crippen LogP contribution in [0.25, 0.3) is 0 Å². The van der Waals surface area contributed by atoms with Gasteiger partial charge < -0.3 is 14.7 Å². The summed E-state index contributed by atoms with van der Waals surface area (Å²) in [4.78, 5) is 21.6. The SMILES string of the molecule is O=P(O)(O)O.[Co].[Fe].[Ni].[Ti]. The van der Waals surface area contributed by atoms with Crippen molar-refractivity contribution in [3.05, 3.63) is 0 Å². The van der Waals surface area contributed by atoms with E-state index in [1.807, 2.05) is 0 Å². The molecule has 0 spiro atoms. The summed E-state index contributed by atoms with van der Waals surface area (Å²) >= 11 is 0. The molecule has 0 bridgehead atoms. The summed E-state index contributed by atoms with van der Waals surface area (Å²) in [6, 6.07) is 0. The number of phosphoric acid groups is 1. The van der Waals surface area contributed by atoms with Gasteiger partial charge in [-0.05, 0) is 0 Å². The second-order valence-electron chi connectivity index (χ2n) is 0.513. The maximum absolute atomic E-state index is 8.88. The van der Waals surface area contributed by atoms with Gasteiger partial charge in [-0.2, -0.15) is 0 Å². The third kappa shape index (κ3) is 131. The van der Waals surface area contributed by atoms with Gasteiger partial charge in [0.15, 0.2) is 0 Å². The minimum Gasteiger partial charge on any atom is -0.303 e. The van der Waals surface area contributed by atoms with E-state index in [-0.39, 0.29) is 72.1 Å². The molecule has 0 atom stereocenters. The minimum absolute atomic E-state index is 0. The second kappa shape index (κ2) is 13.0. The molecule has 0 aliphatic carbocycles. The van der Waals surface area contributed by atoms with Crippen LogP contribution < -0.4 is 0 Å². The van der Waals surface area contributed by atoms with Crippen LogP contribution in [0.1, 0.15) is 0 Å². The zero-order valence-corrected chi connectivity index (χ0v) is 9.29. The Labute approximate surface area is 98.3 Å². The summed E-state index contributed by atoms with van der Waals surface area (Å²) in [6.45, 7) is 0. The summed E-state index contributed by atoms with van der Waals surface area (Å²) < 4.78 is 8.88. The van der Waals surface area contributed by atoms with Crippen molar-refractivity contribution in [3.63, 3.8) is 0 Å². The van der Waals surface area contributed by atoms with Crippen LogP contribution in [0, 0.1) is 0 Å². The average molecular weight is 319 g/mol. The first-order valence-corrected chi connectivity index (χ1v) is 2.35. The molecule has 0 rings (SSSR count). The molecule has 9 heavy (non-hydrogen) atoms. The molecule has 0 saturated carbocycles. The maximum Gasteiger partial charge on any atom is 0.466 e. The third-order valence-corrected chi connectivity index (χ3v) is 0. The Kier molecular flexibility index (Phi) is 43.5. The van der Waals surface area contributed by atoms with E-state index in [0.29, 0.717) is 0 Å². The summed E-state index contributed by atoms with van der Waals surface area (Å²) in [7, 11) is -4.64. The normalized spacial score (nSPS) is 6.56. The molecule has 0 amide bonds. The standard InChI is InChI=1S/Co.Fe.Ni.H3O4P.Ti/c;;;1-5(2,3)4;/h;;;(H3,1,2,3,4);. The Hall–Kier alpha value is 2.34. The minimum atomic E-state index is -4.64. The molecule has 0 aromatic rings.